The first-order valence-corrected chi connectivity index (χ1v) is 4.90. The van der Waals surface area contributed by atoms with Crippen LogP contribution >= 0.6 is 25.3 Å². The summed E-state index contributed by atoms with van der Waals surface area (Å²) in [7, 11) is 0. The van der Waals surface area contributed by atoms with Crippen LogP contribution in [0.25, 0.3) is 0 Å². The van der Waals surface area contributed by atoms with Crippen molar-refractivity contribution in [2.24, 2.45) is 0 Å². The van der Waals surface area contributed by atoms with Gasteiger partial charge in [0.2, 0.25) is 0 Å². The monoisotopic (exact) mass is 236 g/mol. The van der Waals surface area contributed by atoms with Crippen molar-refractivity contribution in [2.45, 2.75) is 13.8 Å². The molecule has 0 aromatic rings. The van der Waals surface area contributed by atoms with Crippen molar-refractivity contribution in [2.75, 3.05) is 13.2 Å². The number of esters is 2. The number of ether oxygens (including phenoxy) is 2. The molecule has 0 heterocycles. The molecule has 4 nitrogen and oxygen atoms in total. The molecular formula is C8H12O4S2. The first kappa shape index (κ1) is 13.4. The van der Waals surface area contributed by atoms with Gasteiger partial charge in [0.25, 0.3) is 0 Å². The minimum atomic E-state index is -0.686. The fourth-order valence-corrected chi connectivity index (χ4v) is 0.904. The molecule has 0 atom stereocenters. The average Bonchev–Trinajstić information content (AvgIpc) is 2.16. The Hall–Kier alpha value is -0.620. The minimum absolute atomic E-state index is 0.145. The molecule has 0 aromatic carbocycles. The molecule has 0 fully saturated rings. The molecule has 0 unspecified atom stereocenters. The molecule has 0 saturated carbocycles. The molecule has 0 radical (unpaired) electrons. The molecule has 6 heteroatoms. The summed E-state index contributed by atoms with van der Waals surface area (Å²) in [6, 6.07) is 0. The predicted molar refractivity (Wildman–Crippen MR) is 58.3 cm³/mol. The molecule has 0 aromatic heterocycles. The molecule has 0 aliphatic rings. The van der Waals surface area contributed by atoms with Gasteiger partial charge in [0.1, 0.15) is 9.81 Å². The SMILES string of the molecule is CCOC(=O)/C(S)=C(/S)C(=O)OCC. The number of carbonyl (C=O) groups is 2. The number of thiol groups is 2. The lowest BCUT2D eigenvalue weighted by Crippen LogP contribution is -2.11. The van der Waals surface area contributed by atoms with Crippen LogP contribution in [0, 0.1) is 0 Å². The zero-order chi connectivity index (χ0) is 11.1. The lowest BCUT2D eigenvalue weighted by Gasteiger charge is -2.04. The van der Waals surface area contributed by atoms with Gasteiger partial charge in [0.05, 0.1) is 13.2 Å². The highest BCUT2D eigenvalue weighted by Gasteiger charge is 2.17. The molecule has 0 amide bonds. The van der Waals surface area contributed by atoms with Crippen LogP contribution in [0.1, 0.15) is 13.8 Å². The zero-order valence-corrected chi connectivity index (χ0v) is 9.73. The molecule has 0 rings (SSSR count). The Morgan fingerprint density at radius 2 is 1.21 bits per heavy atom. The van der Waals surface area contributed by atoms with E-state index in [-0.39, 0.29) is 23.0 Å². The van der Waals surface area contributed by atoms with Crippen molar-refractivity contribution in [1.82, 2.24) is 0 Å². The maximum atomic E-state index is 11.1. The topological polar surface area (TPSA) is 52.6 Å². The molecule has 0 bridgehead atoms. The molecule has 80 valence electrons. The van der Waals surface area contributed by atoms with E-state index in [1.54, 1.807) is 13.8 Å². The third kappa shape index (κ3) is 4.06. The maximum Gasteiger partial charge on any atom is 0.345 e. The molecule has 0 saturated heterocycles. The van der Waals surface area contributed by atoms with E-state index in [2.05, 4.69) is 34.7 Å². The fraction of sp³-hybridized carbons (Fsp3) is 0.500. The normalized spacial score (nSPS) is 11.7. The average molecular weight is 236 g/mol. The summed E-state index contributed by atoms with van der Waals surface area (Å²) in [5.41, 5.74) is 0. The Bertz CT molecular complexity index is 234. The van der Waals surface area contributed by atoms with Gasteiger partial charge in [0, 0.05) is 0 Å². The summed E-state index contributed by atoms with van der Waals surface area (Å²) in [5, 5.41) is 0. The second-order valence-corrected chi connectivity index (χ2v) is 3.03. The third-order valence-electron chi connectivity index (χ3n) is 1.16. The van der Waals surface area contributed by atoms with Crippen molar-refractivity contribution in [1.29, 1.82) is 0 Å². The van der Waals surface area contributed by atoms with Crippen LogP contribution in [0.4, 0.5) is 0 Å². The van der Waals surface area contributed by atoms with E-state index in [1.807, 2.05) is 0 Å². The van der Waals surface area contributed by atoms with Crippen molar-refractivity contribution < 1.29 is 19.1 Å². The van der Waals surface area contributed by atoms with E-state index in [0.29, 0.717) is 0 Å². The highest BCUT2D eigenvalue weighted by atomic mass is 32.1. The first-order chi connectivity index (χ1) is 6.54. The Kier molecular flexibility index (Phi) is 6.48. The van der Waals surface area contributed by atoms with Gasteiger partial charge in [-0.1, -0.05) is 0 Å². The number of carbonyl (C=O) groups excluding carboxylic acids is 2. The van der Waals surface area contributed by atoms with Crippen molar-refractivity contribution >= 4 is 37.2 Å². The Morgan fingerprint density at radius 3 is 1.43 bits per heavy atom. The van der Waals surface area contributed by atoms with Gasteiger partial charge in [-0.3, -0.25) is 0 Å². The van der Waals surface area contributed by atoms with Crippen LogP contribution in [0.3, 0.4) is 0 Å². The number of rotatable bonds is 4. The molecule has 14 heavy (non-hydrogen) atoms. The molecule has 0 aliphatic carbocycles. The summed E-state index contributed by atoms with van der Waals surface area (Å²) in [6.07, 6.45) is 0. The van der Waals surface area contributed by atoms with Crippen LogP contribution in [-0.4, -0.2) is 25.2 Å². The van der Waals surface area contributed by atoms with Crippen molar-refractivity contribution in [3.05, 3.63) is 9.81 Å². The molecule has 0 spiro atoms. The summed E-state index contributed by atoms with van der Waals surface area (Å²) < 4.78 is 9.25. The smallest absolute Gasteiger partial charge is 0.345 e. The zero-order valence-electron chi connectivity index (χ0n) is 7.94. The van der Waals surface area contributed by atoms with E-state index in [4.69, 9.17) is 0 Å². The van der Waals surface area contributed by atoms with Gasteiger partial charge < -0.3 is 9.47 Å². The van der Waals surface area contributed by atoms with Crippen molar-refractivity contribution in [3.8, 4) is 0 Å². The number of hydrogen-bond acceptors (Lipinski definition) is 6. The van der Waals surface area contributed by atoms with Crippen LogP contribution in [0.2, 0.25) is 0 Å². The van der Waals surface area contributed by atoms with E-state index in [0.717, 1.165) is 0 Å². The van der Waals surface area contributed by atoms with E-state index >= 15 is 0 Å². The largest absolute Gasteiger partial charge is 0.462 e. The lowest BCUT2D eigenvalue weighted by atomic mass is 10.5. The highest BCUT2D eigenvalue weighted by molar-refractivity contribution is 7.90. The second-order valence-electron chi connectivity index (χ2n) is 2.14. The molecular weight excluding hydrogens is 224 g/mol. The van der Waals surface area contributed by atoms with Gasteiger partial charge in [-0.15, -0.1) is 25.3 Å². The third-order valence-corrected chi connectivity index (χ3v) is 2.15. The van der Waals surface area contributed by atoms with Crippen LogP contribution < -0.4 is 0 Å². The summed E-state index contributed by atoms with van der Waals surface area (Å²) in [4.78, 5) is 21.9. The Balaban J connectivity index is 4.57. The number of hydrogen-bond donors (Lipinski definition) is 2. The Morgan fingerprint density at radius 1 is 0.929 bits per heavy atom. The fourth-order valence-electron chi connectivity index (χ4n) is 0.592. The van der Waals surface area contributed by atoms with Crippen molar-refractivity contribution in [3.63, 3.8) is 0 Å². The van der Waals surface area contributed by atoms with Gasteiger partial charge in [-0.25, -0.2) is 9.59 Å². The van der Waals surface area contributed by atoms with Crippen LogP contribution in [0.5, 0.6) is 0 Å². The second kappa shape index (κ2) is 6.78. The summed E-state index contributed by atoms with van der Waals surface area (Å²) in [6.45, 7) is 3.74. The van der Waals surface area contributed by atoms with Gasteiger partial charge in [0.15, 0.2) is 0 Å². The molecule has 0 aliphatic heterocycles. The van der Waals surface area contributed by atoms with Gasteiger partial charge in [-0.2, -0.15) is 0 Å². The summed E-state index contributed by atoms with van der Waals surface area (Å²) in [5.74, 6) is -1.37. The van der Waals surface area contributed by atoms with Gasteiger partial charge >= 0.3 is 11.9 Å². The summed E-state index contributed by atoms with van der Waals surface area (Å²) >= 11 is 7.63. The van der Waals surface area contributed by atoms with E-state index in [9.17, 15) is 9.59 Å². The minimum Gasteiger partial charge on any atom is -0.462 e. The van der Waals surface area contributed by atoms with Gasteiger partial charge in [-0.05, 0) is 13.8 Å². The lowest BCUT2D eigenvalue weighted by molar-refractivity contribution is -0.140. The standard InChI is InChI=1S/C8H12O4S2/c1-3-11-7(9)5(13)6(14)8(10)12-4-2/h13-14H,3-4H2,1-2H3/b6-5-. The predicted octanol–water partition coefficient (Wildman–Crippen LogP) is 1.18. The highest BCUT2D eigenvalue weighted by Crippen LogP contribution is 2.16. The maximum absolute atomic E-state index is 11.1. The van der Waals surface area contributed by atoms with E-state index < -0.39 is 11.9 Å². The van der Waals surface area contributed by atoms with Crippen LogP contribution in [0.15, 0.2) is 9.81 Å². The van der Waals surface area contributed by atoms with E-state index in [1.165, 1.54) is 0 Å². The molecule has 0 N–H and O–H groups in total. The quantitative estimate of drug-likeness (QED) is 0.437. The van der Waals surface area contributed by atoms with Crippen LogP contribution in [-0.2, 0) is 19.1 Å². The first-order valence-electron chi connectivity index (χ1n) is 4.01. The Labute approximate surface area is 93.5 Å².